The van der Waals surface area contributed by atoms with Gasteiger partial charge in [0.1, 0.15) is 5.84 Å². The van der Waals surface area contributed by atoms with Crippen LogP contribution in [0.5, 0.6) is 0 Å². The fourth-order valence-corrected chi connectivity index (χ4v) is 2.89. The summed E-state index contributed by atoms with van der Waals surface area (Å²) in [6.07, 6.45) is 5.09. The number of hydrogen-bond acceptors (Lipinski definition) is 2. The summed E-state index contributed by atoms with van der Waals surface area (Å²) in [4.78, 5) is 7.24. The van der Waals surface area contributed by atoms with Crippen molar-refractivity contribution in [2.45, 2.75) is 32.2 Å². The minimum Gasteiger partial charge on any atom is -0.356 e. The summed E-state index contributed by atoms with van der Waals surface area (Å²) < 4.78 is 1.15. The van der Waals surface area contributed by atoms with E-state index in [1.54, 1.807) is 0 Å². The quantitative estimate of drug-likeness (QED) is 0.704. The zero-order chi connectivity index (χ0) is 11.0. The number of rotatable bonds is 0. The molecule has 0 radical (unpaired) electrons. The van der Waals surface area contributed by atoms with Crippen molar-refractivity contribution in [2.24, 2.45) is 4.99 Å². The summed E-state index contributed by atoms with van der Waals surface area (Å²) in [6, 6.07) is 6.39. The molecule has 1 saturated heterocycles. The smallest absolute Gasteiger partial charge is 0.105 e. The van der Waals surface area contributed by atoms with Crippen LogP contribution < -0.4 is 0 Å². The van der Waals surface area contributed by atoms with E-state index < -0.39 is 0 Å². The first-order valence-electron chi connectivity index (χ1n) is 5.94. The van der Waals surface area contributed by atoms with E-state index in [9.17, 15) is 0 Å². The van der Waals surface area contributed by atoms with Gasteiger partial charge in [-0.05, 0) is 36.6 Å². The number of amidine groups is 1. The summed E-state index contributed by atoms with van der Waals surface area (Å²) in [5.74, 6) is 1.30. The topological polar surface area (TPSA) is 15.6 Å². The predicted molar refractivity (Wildman–Crippen MR) is 70.1 cm³/mol. The van der Waals surface area contributed by atoms with E-state index in [1.807, 2.05) is 0 Å². The SMILES string of the molecule is Brc1ccc2c(c1)CN1CCCCCC1=N2. The number of benzene rings is 1. The van der Waals surface area contributed by atoms with Gasteiger partial charge in [0.25, 0.3) is 0 Å². The van der Waals surface area contributed by atoms with Gasteiger partial charge in [0.2, 0.25) is 0 Å². The molecule has 2 aliphatic heterocycles. The molecule has 16 heavy (non-hydrogen) atoms. The van der Waals surface area contributed by atoms with E-state index >= 15 is 0 Å². The van der Waals surface area contributed by atoms with Crippen molar-refractivity contribution in [3.8, 4) is 0 Å². The molecule has 0 atom stereocenters. The van der Waals surface area contributed by atoms with Gasteiger partial charge in [0.05, 0.1) is 5.69 Å². The number of halogens is 1. The van der Waals surface area contributed by atoms with Crippen molar-refractivity contribution in [3.05, 3.63) is 28.2 Å². The maximum Gasteiger partial charge on any atom is 0.105 e. The Bertz CT molecular complexity index is 440. The molecule has 0 aromatic heterocycles. The Morgan fingerprint density at radius 2 is 2.12 bits per heavy atom. The minimum absolute atomic E-state index is 1.04. The molecule has 1 aromatic rings. The van der Waals surface area contributed by atoms with Gasteiger partial charge in [0.15, 0.2) is 0 Å². The lowest BCUT2D eigenvalue weighted by molar-refractivity contribution is 0.403. The van der Waals surface area contributed by atoms with Gasteiger partial charge in [-0.25, -0.2) is 4.99 Å². The standard InChI is InChI=1S/C13H15BrN2/c14-11-5-6-12-10(8-11)9-16-7-3-1-2-4-13(16)15-12/h5-6,8H,1-4,7,9H2. The molecule has 0 amide bonds. The van der Waals surface area contributed by atoms with Gasteiger partial charge in [-0.2, -0.15) is 0 Å². The third kappa shape index (κ3) is 1.88. The van der Waals surface area contributed by atoms with Crippen molar-refractivity contribution in [1.82, 2.24) is 4.90 Å². The molecular weight excluding hydrogens is 264 g/mol. The second-order valence-electron chi connectivity index (χ2n) is 4.53. The minimum atomic E-state index is 1.04. The van der Waals surface area contributed by atoms with Crippen molar-refractivity contribution in [2.75, 3.05) is 6.54 Å². The zero-order valence-electron chi connectivity index (χ0n) is 9.25. The molecule has 2 nitrogen and oxygen atoms in total. The van der Waals surface area contributed by atoms with Crippen LogP contribution in [0.15, 0.2) is 27.7 Å². The first-order valence-corrected chi connectivity index (χ1v) is 6.73. The van der Waals surface area contributed by atoms with Crippen LogP contribution in [0.25, 0.3) is 0 Å². The Labute approximate surface area is 104 Å². The van der Waals surface area contributed by atoms with Crippen molar-refractivity contribution < 1.29 is 0 Å². The summed E-state index contributed by atoms with van der Waals surface area (Å²) >= 11 is 3.53. The molecule has 0 bridgehead atoms. The Morgan fingerprint density at radius 1 is 1.19 bits per heavy atom. The maximum absolute atomic E-state index is 4.79. The second kappa shape index (κ2) is 4.21. The highest BCUT2D eigenvalue weighted by Gasteiger charge is 2.20. The number of nitrogens with zero attached hydrogens (tertiary/aromatic N) is 2. The van der Waals surface area contributed by atoms with Crippen LogP contribution in [0.2, 0.25) is 0 Å². The largest absolute Gasteiger partial charge is 0.356 e. The van der Waals surface area contributed by atoms with Crippen LogP contribution in [0.3, 0.4) is 0 Å². The third-order valence-electron chi connectivity index (χ3n) is 3.35. The van der Waals surface area contributed by atoms with Gasteiger partial charge in [-0.15, -0.1) is 0 Å². The maximum atomic E-state index is 4.79. The molecule has 0 saturated carbocycles. The molecule has 0 unspecified atom stereocenters. The fraction of sp³-hybridized carbons (Fsp3) is 0.462. The zero-order valence-corrected chi connectivity index (χ0v) is 10.8. The molecule has 2 aliphatic rings. The van der Waals surface area contributed by atoms with Crippen LogP contribution >= 0.6 is 15.9 Å². The molecule has 1 fully saturated rings. The first kappa shape index (κ1) is 10.3. The number of aliphatic imine (C=N–C) groups is 1. The van der Waals surface area contributed by atoms with Gasteiger partial charge >= 0.3 is 0 Å². The molecular formula is C13H15BrN2. The van der Waals surface area contributed by atoms with Crippen LogP contribution in [-0.4, -0.2) is 17.3 Å². The predicted octanol–water partition coefficient (Wildman–Crippen LogP) is 3.87. The van der Waals surface area contributed by atoms with E-state index in [0.29, 0.717) is 0 Å². The number of fused-ring (bicyclic) bond motifs is 2. The van der Waals surface area contributed by atoms with Crippen LogP contribution in [0.1, 0.15) is 31.2 Å². The van der Waals surface area contributed by atoms with Crippen molar-refractivity contribution >= 4 is 27.5 Å². The summed E-state index contributed by atoms with van der Waals surface area (Å²) in [5, 5.41) is 0. The molecule has 2 heterocycles. The molecule has 1 aromatic carbocycles. The van der Waals surface area contributed by atoms with Crippen molar-refractivity contribution in [3.63, 3.8) is 0 Å². The Hall–Kier alpha value is -0.830. The van der Waals surface area contributed by atoms with E-state index in [1.165, 1.54) is 37.2 Å². The Kier molecular flexibility index (Phi) is 2.72. The molecule has 3 heteroatoms. The summed E-state index contributed by atoms with van der Waals surface area (Å²) in [5.41, 5.74) is 2.51. The molecule has 84 valence electrons. The van der Waals surface area contributed by atoms with Gasteiger partial charge in [-0.3, -0.25) is 0 Å². The Balaban J connectivity index is 1.99. The molecule has 0 N–H and O–H groups in total. The monoisotopic (exact) mass is 278 g/mol. The lowest BCUT2D eigenvalue weighted by Crippen LogP contribution is -2.32. The fourth-order valence-electron chi connectivity index (χ4n) is 2.48. The molecule has 3 rings (SSSR count). The average Bonchev–Trinajstić information content (AvgIpc) is 2.50. The Morgan fingerprint density at radius 3 is 3.06 bits per heavy atom. The summed E-state index contributed by atoms with van der Waals surface area (Å²) in [7, 11) is 0. The van der Waals surface area contributed by atoms with Gasteiger partial charge in [-0.1, -0.05) is 22.4 Å². The van der Waals surface area contributed by atoms with E-state index in [-0.39, 0.29) is 0 Å². The van der Waals surface area contributed by atoms with Gasteiger partial charge in [0, 0.05) is 24.0 Å². The highest BCUT2D eigenvalue weighted by molar-refractivity contribution is 9.10. The molecule has 0 spiro atoms. The average molecular weight is 279 g/mol. The second-order valence-corrected chi connectivity index (χ2v) is 5.45. The number of hydrogen-bond donors (Lipinski definition) is 0. The highest BCUT2D eigenvalue weighted by atomic mass is 79.9. The van der Waals surface area contributed by atoms with Crippen molar-refractivity contribution in [1.29, 1.82) is 0 Å². The van der Waals surface area contributed by atoms with E-state index in [0.717, 1.165) is 23.1 Å². The summed E-state index contributed by atoms with van der Waals surface area (Å²) in [6.45, 7) is 2.21. The van der Waals surface area contributed by atoms with E-state index in [2.05, 4.69) is 39.0 Å². The molecule has 0 aliphatic carbocycles. The highest BCUT2D eigenvalue weighted by Crippen LogP contribution is 2.31. The first-order chi connectivity index (χ1) is 7.83. The van der Waals surface area contributed by atoms with Crippen LogP contribution in [0, 0.1) is 0 Å². The van der Waals surface area contributed by atoms with E-state index in [4.69, 9.17) is 4.99 Å². The van der Waals surface area contributed by atoms with Crippen LogP contribution in [0.4, 0.5) is 5.69 Å². The third-order valence-corrected chi connectivity index (χ3v) is 3.84. The lowest BCUT2D eigenvalue weighted by atomic mass is 10.1. The van der Waals surface area contributed by atoms with Gasteiger partial charge < -0.3 is 4.90 Å². The van der Waals surface area contributed by atoms with Crippen LogP contribution in [-0.2, 0) is 6.54 Å². The normalized spacial score (nSPS) is 19.6. The lowest BCUT2D eigenvalue weighted by Gasteiger charge is -2.29.